The van der Waals surface area contributed by atoms with Crippen molar-refractivity contribution in [3.05, 3.63) is 23.8 Å². The molecule has 0 aromatic heterocycles. The topological polar surface area (TPSA) is 80.3 Å². The molecule has 0 bridgehead atoms. The number of nitrogens with zero attached hydrogens (tertiary/aromatic N) is 1. The zero-order chi connectivity index (χ0) is 19.8. The molecular weight excluding hydrogens is 348 g/mol. The van der Waals surface area contributed by atoms with Crippen LogP contribution in [-0.4, -0.2) is 75.1 Å². The molecule has 152 valence electrons. The Morgan fingerprint density at radius 1 is 1.26 bits per heavy atom. The van der Waals surface area contributed by atoms with E-state index in [0.29, 0.717) is 49.9 Å². The number of nitrogens with one attached hydrogen (secondary N) is 1. The lowest BCUT2D eigenvalue weighted by Crippen LogP contribution is -2.43. The fourth-order valence-corrected chi connectivity index (χ4v) is 3.16. The summed E-state index contributed by atoms with van der Waals surface area (Å²) in [7, 11) is 3.23. The van der Waals surface area contributed by atoms with Crippen LogP contribution in [-0.2, 0) is 4.74 Å². The zero-order valence-corrected chi connectivity index (χ0v) is 16.7. The number of hydrogen-bond donors (Lipinski definition) is 2. The third-order valence-electron chi connectivity index (χ3n) is 4.78. The molecule has 0 aliphatic carbocycles. The van der Waals surface area contributed by atoms with Crippen LogP contribution < -0.4 is 14.8 Å². The van der Waals surface area contributed by atoms with Gasteiger partial charge in [0.1, 0.15) is 0 Å². The summed E-state index contributed by atoms with van der Waals surface area (Å²) in [6.45, 7) is 6.87. The Morgan fingerprint density at radius 2 is 2.04 bits per heavy atom. The molecule has 0 radical (unpaired) electrons. The highest BCUT2D eigenvalue weighted by molar-refractivity contribution is 5.95. The van der Waals surface area contributed by atoms with Crippen molar-refractivity contribution in [1.29, 1.82) is 0 Å². The van der Waals surface area contributed by atoms with Crippen molar-refractivity contribution in [2.45, 2.75) is 32.4 Å². The van der Waals surface area contributed by atoms with Gasteiger partial charge in [0.15, 0.2) is 11.5 Å². The zero-order valence-electron chi connectivity index (χ0n) is 16.7. The molecule has 1 saturated heterocycles. The molecule has 7 heteroatoms. The Kier molecular flexibility index (Phi) is 8.34. The van der Waals surface area contributed by atoms with Crippen LogP contribution in [0.5, 0.6) is 11.5 Å². The maximum Gasteiger partial charge on any atom is 0.254 e. The quantitative estimate of drug-likeness (QED) is 0.600. The van der Waals surface area contributed by atoms with Crippen LogP contribution in [0.4, 0.5) is 0 Å². The minimum Gasteiger partial charge on any atom is -0.493 e. The molecule has 7 nitrogen and oxygen atoms in total. The van der Waals surface area contributed by atoms with Crippen molar-refractivity contribution >= 4 is 5.91 Å². The summed E-state index contributed by atoms with van der Waals surface area (Å²) in [5.74, 6) is 1.11. The predicted molar refractivity (Wildman–Crippen MR) is 104 cm³/mol. The lowest BCUT2D eigenvalue weighted by molar-refractivity contribution is 0.0598. The summed E-state index contributed by atoms with van der Waals surface area (Å²) < 4.78 is 16.2. The summed E-state index contributed by atoms with van der Waals surface area (Å²) in [4.78, 5) is 14.9. The van der Waals surface area contributed by atoms with E-state index in [1.54, 1.807) is 37.3 Å². The van der Waals surface area contributed by atoms with Crippen LogP contribution in [0.15, 0.2) is 18.2 Å². The number of benzene rings is 1. The second kappa shape index (κ2) is 10.5. The highest BCUT2D eigenvalue weighted by Gasteiger charge is 2.30. The summed E-state index contributed by atoms with van der Waals surface area (Å²) in [6, 6.07) is 5.26. The van der Waals surface area contributed by atoms with Crippen LogP contribution in [0.25, 0.3) is 0 Å². The highest BCUT2D eigenvalue weighted by Crippen LogP contribution is 2.29. The number of amides is 1. The van der Waals surface area contributed by atoms with Crippen LogP contribution in [0, 0.1) is 5.92 Å². The Balaban J connectivity index is 2.14. The van der Waals surface area contributed by atoms with Gasteiger partial charge in [0.2, 0.25) is 0 Å². The molecule has 0 saturated carbocycles. The number of carbonyl (C=O) groups is 1. The number of aliphatic hydroxyl groups excluding tert-OH is 1. The summed E-state index contributed by atoms with van der Waals surface area (Å²) in [6.07, 6.45) is 0.331. The Labute approximate surface area is 161 Å². The Hall–Kier alpha value is -1.83. The smallest absolute Gasteiger partial charge is 0.254 e. The number of methoxy groups -OCH3 is 2. The molecule has 0 unspecified atom stereocenters. The highest BCUT2D eigenvalue weighted by atomic mass is 16.5. The third kappa shape index (κ3) is 5.82. The van der Waals surface area contributed by atoms with Crippen molar-refractivity contribution in [3.8, 4) is 11.5 Å². The van der Waals surface area contributed by atoms with Gasteiger partial charge in [-0.2, -0.15) is 0 Å². The molecule has 2 rings (SSSR count). The molecule has 1 amide bonds. The van der Waals surface area contributed by atoms with Gasteiger partial charge in [0, 0.05) is 57.3 Å². The van der Waals surface area contributed by atoms with Crippen molar-refractivity contribution < 1.29 is 24.1 Å². The molecule has 1 fully saturated rings. The van der Waals surface area contributed by atoms with E-state index < -0.39 is 6.10 Å². The number of rotatable bonds is 10. The Morgan fingerprint density at radius 3 is 2.63 bits per heavy atom. The van der Waals surface area contributed by atoms with E-state index in [1.165, 1.54) is 0 Å². The Bertz CT molecular complexity index is 608. The lowest BCUT2D eigenvalue weighted by Gasteiger charge is -2.30. The lowest BCUT2D eigenvalue weighted by atomic mass is 10.0. The average molecular weight is 380 g/mol. The van der Waals surface area contributed by atoms with Crippen molar-refractivity contribution in [2.75, 3.05) is 47.1 Å². The van der Waals surface area contributed by atoms with Gasteiger partial charge in [-0.05, 0) is 32.0 Å². The van der Waals surface area contributed by atoms with E-state index in [1.807, 2.05) is 13.8 Å². The van der Waals surface area contributed by atoms with Gasteiger partial charge >= 0.3 is 0 Å². The second-order valence-electron chi connectivity index (χ2n) is 7.10. The van der Waals surface area contributed by atoms with Crippen LogP contribution in [0.1, 0.15) is 30.6 Å². The van der Waals surface area contributed by atoms with Gasteiger partial charge in [-0.3, -0.25) is 4.79 Å². The van der Waals surface area contributed by atoms with E-state index in [4.69, 9.17) is 14.2 Å². The minimum absolute atomic E-state index is 0.0264. The third-order valence-corrected chi connectivity index (χ3v) is 4.78. The minimum atomic E-state index is -0.422. The van der Waals surface area contributed by atoms with E-state index in [-0.39, 0.29) is 17.9 Å². The number of β-amino-alcohol motifs (C(OH)–C–C–N with tert-alkyl or cyclic N) is 1. The van der Waals surface area contributed by atoms with Crippen molar-refractivity contribution in [1.82, 2.24) is 10.2 Å². The van der Waals surface area contributed by atoms with Crippen LogP contribution in [0.2, 0.25) is 0 Å². The standard InChI is InChI=1S/C20H32N2O5/c1-14(2)22(13-16-11-21-12-17(16)23)20(24)15-6-7-18(26-4)19(10-15)27-9-5-8-25-3/h6-7,10,14,16-17,21,23H,5,8-9,11-13H2,1-4H3/t16-,17+/m0/s1. The SMILES string of the molecule is COCCCOc1cc(C(=O)N(C[C@@H]2CNC[C@H]2O)C(C)C)ccc1OC. The normalized spacial score (nSPS) is 19.3. The molecule has 1 heterocycles. The van der Waals surface area contributed by atoms with Crippen LogP contribution >= 0.6 is 0 Å². The number of carbonyl (C=O) groups excluding carboxylic acids is 1. The monoisotopic (exact) mass is 380 g/mol. The number of aliphatic hydroxyl groups is 1. The molecule has 2 N–H and O–H groups in total. The largest absolute Gasteiger partial charge is 0.493 e. The van der Waals surface area contributed by atoms with E-state index in [9.17, 15) is 9.90 Å². The predicted octanol–water partition coefficient (Wildman–Crippen LogP) is 1.54. The summed E-state index contributed by atoms with van der Waals surface area (Å²) in [5.41, 5.74) is 0.548. The van der Waals surface area contributed by atoms with Crippen LogP contribution in [0.3, 0.4) is 0 Å². The van der Waals surface area contributed by atoms with E-state index >= 15 is 0 Å². The van der Waals surface area contributed by atoms with Gasteiger partial charge in [0.05, 0.1) is 19.8 Å². The first kappa shape index (κ1) is 21.5. The number of hydrogen-bond acceptors (Lipinski definition) is 6. The summed E-state index contributed by atoms with van der Waals surface area (Å²) in [5, 5.41) is 13.2. The fraction of sp³-hybridized carbons (Fsp3) is 0.650. The maximum absolute atomic E-state index is 13.1. The molecule has 1 aliphatic heterocycles. The molecular formula is C20H32N2O5. The van der Waals surface area contributed by atoms with Gasteiger partial charge in [0.25, 0.3) is 5.91 Å². The van der Waals surface area contributed by atoms with Gasteiger partial charge in [-0.25, -0.2) is 0 Å². The van der Waals surface area contributed by atoms with Crippen molar-refractivity contribution in [3.63, 3.8) is 0 Å². The van der Waals surface area contributed by atoms with Gasteiger partial charge in [-0.1, -0.05) is 0 Å². The average Bonchev–Trinajstić information content (AvgIpc) is 3.07. The van der Waals surface area contributed by atoms with E-state index in [0.717, 1.165) is 6.42 Å². The van der Waals surface area contributed by atoms with Gasteiger partial charge in [-0.15, -0.1) is 0 Å². The molecule has 0 spiro atoms. The first-order chi connectivity index (χ1) is 13.0. The van der Waals surface area contributed by atoms with Gasteiger partial charge < -0.3 is 29.5 Å². The molecule has 1 aliphatic rings. The molecule has 27 heavy (non-hydrogen) atoms. The second-order valence-corrected chi connectivity index (χ2v) is 7.10. The molecule has 1 aromatic rings. The van der Waals surface area contributed by atoms with Crippen molar-refractivity contribution in [2.24, 2.45) is 5.92 Å². The first-order valence-corrected chi connectivity index (χ1v) is 9.47. The summed E-state index contributed by atoms with van der Waals surface area (Å²) >= 11 is 0. The number of ether oxygens (including phenoxy) is 3. The molecule has 1 aromatic carbocycles. The fourth-order valence-electron chi connectivity index (χ4n) is 3.16. The maximum atomic E-state index is 13.1. The molecule has 2 atom stereocenters. The van der Waals surface area contributed by atoms with E-state index in [2.05, 4.69) is 5.32 Å². The first-order valence-electron chi connectivity index (χ1n) is 9.47.